The van der Waals surface area contributed by atoms with E-state index in [-0.39, 0.29) is 0 Å². The Hall–Kier alpha value is -0.870. The van der Waals surface area contributed by atoms with Crippen molar-refractivity contribution >= 4 is 5.91 Å². The second-order valence-corrected chi connectivity index (χ2v) is 4.16. The number of allylic oxidation sites excluding steroid dienone is 1. The van der Waals surface area contributed by atoms with E-state index >= 15 is 0 Å². The standard InChI is InChI=1S/C10H18N2O2/c1-8(2)3-5-12-6-4-10(14,7-12)9(11)13/h3,14H,4-7H2,1-2H3,(H2,11,13). The molecule has 4 heteroatoms. The van der Waals surface area contributed by atoms with Crippen LogP contribution in [-0.2, 0) is 4.79 Å². The number of β-amino-alcohol motifs (C(OH)–C–C–N with tert-alkyl or cyclic N) is 1. The average molecular weight is 198 g/mol. The molecule has 0 aromatic carbocycles. The van der Waals surface area contributed by atoms with Crippen LogP contribution < -0.4 is 5.73 Å². The van der Waals surface area contributed by atoms with Gasteiger partial charge in [0.25, 0.3) is 5.91 Å². The Morgan fingerprint density at radius 3 is 2.71 bits per heavy atom. The Bertz CT molecular complexity index is 259. The molecular weight excluding hydrogens is 180 g/mol. The highest BCUT2D eigenvalue weighted by Crippen LogP contribution is 2.20. The van der Waals surface area contributed by atoms with Gasteiger partial charge in [-0.3, -0.25) is 9.69 Å². The summed E-state index contributed by atoms with van der Waals surface area (Å²) in [4.78, 5) is 13.0. The zero-order valence-corrected chi connectivity index (χ0v) is 8.79. The van der Waals surface area contributed by atoms with Crippen LogP contribution in [0.5, 0.6) is 0 Å². The smallest absolute Gasteiger partial charge is 0.250 e. The third-order valence-electron chi connectivity index (χ3n) is 2.54. The van der Waals surface area contributed by atoms with Gasteiger partial charge < -0.3 is 10.8 Å². The molecule has 1 saturated heterocycles. The highest BCUT2D eigenvalue weighted by atomic mass is 16.3. The molecule has 1 atom stereocenters. The molecule has 1 heterocycles. The maximum absolute atomic E-state index is 10.9. The van der Waals surface area contributed by atoms with Gasteiger partial charge in [0.05, 0.1) is 0 Å². The third kappa shape index (κ3) is 2.56. The summed E-state index contributed by atoms with van der Waals surface area (Å²) in [7, 11) is 0. The minimum atomic E-state index is -1.31. The molecule has 1 aliphatic heterocycles. The first-order chi connectivity index (χ1) is 6.44. The summed E-state index contributed by atoms with van der Waals surface area (Å²) in [6, 6.07) is 0. The largest absolute Gasteiger partial charge is 0.379 e. The fourth-order valence-corrected chi connectivity index (χ4v) is 1.54. The maximum atomic E-state index is 10.9. The Balaban J connectivity index is 2.49. The van der Waals surface area contributed by atoms with Crippen molar-refractivity contribution in [1.29, 1.82) is 0 Å². The number of amides is 1. The molecule has 1 rings (SSSR count). The van der Waals surface area contributed by atoms with Crippen LogP contribution in [0.2, 0.25) is 0 Å². The first-order valence-corrected chi connectivity index (χ1v) is 4.82. The SMILES string of the molecule is CC(C)=CCN1CCC(O)(C(N)=O)C1. The van der Waals surface area contributed by atoms with E-state index in [4.69, 9.17) is 5.73 Å². The molecule has 1 fully saturated rings. The minimum absolute atomic E-state index is 0.353. The first kappa shape index (κ1) is 11.2. The maximum Gasteiger partial charge on any atom is 0.250 e. The van der Waals surface area contributed by atoms with Crippen LogP contribution in [0.25, 0.3) is 0 Å². The molecule has 3 N–H and O–H groups in total. The van der Waals surface area contributed by atoms with Crippen LogP contribution in [0.4, 0.5) is 0 Å². The number of carbonyl (C=O) groups excluding carboxylic acids is 1. The van der Waals surface area contributed by atoms with Crippen molar-refractivity contribution < 1.29 is 9.90 Å². The Kier molecular flexibility index (Phi) is 3.29. The van der Waals surface area contributed by atoms with E-state index in [1.54, 1.807) is 0 Å². The topological polar surface area (TPSA) is 66.6 Å². The van der Waals surface area contributed by atoms with Crippen LogP contribution in [0.1, 0.15) is 20.3 Å². The fraction of sp³-hybridized carbons (Fsp3) is 0.700. The van der Waals surface area contributed by atoms with Crippen molar-refractivity contribution in [3.63, 3.8) is 0 Å². The van der Waals surface area contributed by atoms with E-state index in [0.29, 0.717) is 13.0 Å². The van der Waals surface area contributed by atoms with Gasteiger partial charge in [0, 0.05) is 19.6 Å². The molecule has 0 saturated carbocycles. The van der Waals surface area contributed by atoms with Gasteiger partial charge in [-0.05, 0) is 20.3 Å². The van der Waals surface area contributed by atoms with Crippen molar-refractivity contribution in [3.05, 3.63) is 11.6 Å². The summed E-state index contributed by atoms with van der Waals surface area (Å²) in [6.45, 7) is 5.90. The van der Waals surface area contributed by atoms with Crippen LogP contribution in [0.3, 0.4) is 0 Å². The summed E-state index contributed by atoms with van der Waals surface area (Å²) in [5, 5.41) is 9.77. The van der Waals surface area contributed by atoms with E-state index < -0.39 is 11.5 Å². The minimum Gasteiger partial charge on any atom is -0.379 e. The number of nitrogens with zero attached hydrogens (tertiary/aromatic N) is 1. The molecule has 0 radical (unpaired) electrons. The second-order valence-electron chi connectivity index (χ2n) is 4.16. The predicted octanol–water partition coefficient (Wildman–Crippen LogP) is -0.125. The highest BCUT2D eigenvalue weighted by Gasteiger charge is 2.40. The van der Waals surface area contributed by atoms with Gasteiger partial charge in [0.15, 0.2) is 5.60 Å². The summed E-state index contributed by atoms with van der Waals surface area (Å²) in [6.07, 6.45) is 2.52. The molecule has 80 valence electrons. The molecule has 0 aromatic rings. The molecule has 4 nitrogen and oxygen atoms in total. The molecule has 1 aliphatic rings. The summed E-state index contributed by atoms with van der Waals surface area (Å²) in [5.41, 5.74) is 5.04. The lowest BCUT2D eigenvalue weighted by Crippen LogP contribution is -2.46. The van der Waals surface area contributed by atoms with Crippen molar-refractivity contribution in [3.8, 4) is 0 Å². The number of primary amides is 1. The van der Waals surface area contributed by atoms with Gasteiger partial charge in [0.1, 0.15) is 0 Å². The van der Waals surface area contributed by atoms with E-state index in [9.17, 15) is 9.90 Å². The molecular formula is C10H18N2O2. The van der Waals surface area contributed by atoms with Crippen LogP contribution >= 0.6 is 0 Å². The van der Waals surface area contributed by atoms with Crippen molar-refractivity contribution in [2.45, 2.75) is 25.9 Å². The monoisotopic (exact) mass is 198 g/mol. The van der Waals surface area contributed by atoms with Crippen LogP contribution in [-0.4, -0.2) is 41.1 Å². The van der Waals surface area contributed by atoms with Crippen molar-refractivity contribution in [2.24, 2.45) is 5.73 Å². The molecule has 1 amide bonds. The predicted molar refractivity (Wildman–Crippen MR) is 54.6 cm³/mol. The van der Waals surface area contributed by atoms with Gasteiger partial charge in [-0.2, -0.15) is 0 Å². The molecule has 0 aliphatic carbocycles. The van der Waals surface area contributed by atoms with E-state index in [0.717, 1.165) is 13.1 Å². The third-order valence-corrected chi connectivity index (χ3v) is 2.54. The van der Waals surface area contributed by atoms with Gasteiger partial charge in [-0.1, -0.05) is 11.6 Å². The lowest BCUT2D eigenvalue weighted by Gasteiger charge is -2.18. The van der Waals surface area contributed by atoms with Crippen molar-refractivity contribution in [2.75, 3.05) is 19.6 Å². The number of rotatable bonds is 3. The number of aliphatic hydroxyl groups is 1. The van der Waals surface area contributed by atoms with Crippen molar-refractivity contribution in [1.82, 2.24) is 4.90 Å². The van der Waals surface area contributed by atoms with E-state index in [2.05, 4.69) is 6.08 Å². The normalized spacial score (nSPS) is 27.6. The lowest BCUT2D eigenvalue weighted by atomic mass is 10.0. The zero-order valence-electron chi connectivity index (χ0n) is 8.79. The fourth-order valence-electron chi connectivity index (χ4n) is 1.54. The number of carbonyl (C=O) groups is 1. The molecule has 1 unspecified atom stereocenters. The average Bonchev–Trinajstić information content (AvgIpc) is 2.45. The Morgan fingerprint density at radius 2 is 2.29 bits per heavy atom. The van der Waals surface area contributed by atoms with Gasteiger partial charge in [-0.15, -0.1) is 0 Å². The second kappa shape index (κ2) is 4.11. The summed E-state index contributed by atoms with van der Waals surface area (Å²) >= 11 is 0. The molecule has 0 aromatic heterocycles. The van der Waals surface area contributed by atoms with Gasteiger partial charge in [0.2, 0.25) is 0 Å². The lowest BCUT2D eigenvalue weighted by molar-refractivity contribution is -0.134. The summed E-state index contributed by atoms with van der Waals surface area (Å²) in [5.74, 6) is -0.614. The van der Waals surface area contributed by atoms with Gasteiger partial charge >= 0.3 is 0 Å². The Morgan fingerprint density at radius 1 is 1.64 bits per heavy atom. The molecule has 14 heavy (non-hydrogen) atoms. The number of nitrogens with two attached hydrogens (primary N) is 1. The quantitative estimate of drug-likeness (QED) is 0.621. The van der Waals surface area contributed by atoms with Crippen LogP contribution in [0, 0.1) is 0 Å². The molecule has 0 bridgehead atoms. The first-order valence-electron chi connectivity index (χ1n) is 4.82. The zero-order chi connectivity index (χ0) is 10.8. The summed E-state index contributed by atoms with van der Waals surface area (Å²) < 4.78 is 0. The van der Waals surface area contributed by atoms with Crippen LogP contribution in [0.15, 0.2) is 11.6 Å². The number of hydrogen-bond donors (Lipinski definition) is 2. The van der Waals surface area contributed by atoms with E-state index in [1.807, 2.05) is 18.7 Å². The molecule has 0 spiro atoms. The van der Waals surface area contributed by atoms with E-state index in [1.165, 1.54) is 5.57 Å². The number of likely N-dealkylation sites (tertiary alicyclic amines) is 1. The number of hydrogen-bond acceptors (Lipinski definition) is 3. The Labute approximate surface area is 84.4 Å². The highest BCUT2D eigenvalue weighted by molar-refractivity contribution is 5.83. The van der Waals surface area contributed by atoms with Gasteiger partial charge in [-0.25, -0.2) is 0 Å².